The molecule has 154 valence electrons. The van der Waals surface area contributed by atoms with Gasteiger partial charge in [0.05, 0.1) is 0 Å². The number of nitrogens with zero attached hydrogens (tertiary/aromatic N) is 1. The van der Waals surface area contributed by atoms with E-state index in [2.05, 4.69) is 39.9 Å². The maximum absolute atomic E-state index is 12.3. The van der Waals surface area contributed by atoms with Gasteiger partial charge >= 0.3 is 0 Å². The number of rotatable bonds is 10. The first-order chi connectivity index (χ1) is 14.7. The number of benzene rings is 2. The Labute approximate surface area is 177 Å². The lowest BCUT2D eigenvalue weighted by Gasteiger charge is -2.08. The number of aromatic nitrogens is 1. The molecule has 2 N–H and O–H groups in total. The highest BCUT2D eigenvalue weighted by Gasteiger charge is 2.11. The van der Waals surface area contributed by atoms with Gasteiger partial charge in [-0.1, -0.05) is 66.7 Å². The van der Waals surface area contributed by atoms with Crippen LogP contribution in [0, 0.1) is 0 Å². The van der Waals surface area contributed by atoms with E-state index < -0.39 is 0 Å². The maximum atomic E-state index is 12.3. The number of carbonyl (C=O) groups excluding carboxylic acids is 2. The van der Waals surface area contributed by atoms with E-state index in [1.54, 1.807) is 18.2 Å². The third-order valence-corrected chi connectivity index (χ3v) is 4.76. The molecule has 5 nitrogen and oxygen atoms in total. The van der Waals surface area contributed by atoms with E-state index >= 15 is 0 Å². The Hall–Kier alpha value is -3.47. The summed E-state index contributed by atoms with van der Waals surface area (Å²) >= 11 is 0. The number of aryl methyl sites for hydroxylation is 2. The number of hydrogen-bond donors (Lipinski definition) is 2. The summed E-state index contributed by atoms with van der Waals surface area (Å²) in [4.78, 5) is 28.9. The molecule has 2 amide bonds. The lowest BCUT2D eigenvalue weighted by Crippen LogP contribution is -2.28. The summed E-state index contributed by atoms with van der Waals surface area (Å²) in [6, 6.07) is 25.3. The lowest BCUT2D eigenvalue weighted by atomic mass is 10.1. The van der Waals surface area contributed by atoms with Crippen LogP contribution >= 0.6 is 0 Å². The second-order valence-corrected chi connectivity index (χ2v) is 7.10. The maximum Gasteiger partial charge on any atom is 0.269 e. The number of carbonyl (C=O) groups is 2. The number of hydrogen-bond acceptors (Lipinski definition) is 3. The quantitative estimate of drug-likeness (QED) is 0.508. The summed E-state index contributed by atoms with van der Waals surface area (Å²) < 4.78 is 0. The van der Waals surface area contributed by atoms with Crippen molar-refractivity contribution in [2.24, 2.45) is 0 Å². The normalized spacial score (nSPS) is 10.4. The largest absolute Gasteiger partial charge is 0.351 e. The Morgan fingerprint density at radius 2 is 1.03 bits per heavy atom. The Morgan fingerprint density at radius 1 is 0.600 bits per heavy atom. The predicted molar refractivity (Wildman–Crippen MR) is 118 cm³/mol. The minimum absolute atomic E-state index is 0.256. The fraction of sp³-hybridized carbons (Fsp3) is 0.240. The van der Waals surface area contributed by atoms with Gasteiger partial charge in [-0.25, -0.2) is 4.98 Å². The van der Waals surface area contributed by atoms with Crippen molar-refractivity contribution in [1.82, 2.24) is 15.6 Å². The highest BCUT2D eigenvalue weighted by Crippen LogP contribution is 2.04. The lowest BCUT2D eigenvalue weighted by molar-refractivity contribution is 0.0944. The monoisotopic (exact) mass is 401 g/mol. The van der Waals surface area contributed by atoms with Crippen LogP contribution in [-0.4, -0.2) is 29.9 Å². The standard InChI is InChI=1S/C25H27N3O2/c29-24(26-18-8-14-20-10-3-1-4-11-20)22-16-7-17-23(28-22)25(30)27-19-9-15-21-12-5-2-6-13-21/h1-7,10-13,16-17H,8-9,14-15,18-19H2,(H,26,29)(H,27,30). The molecule has 0 saturated heterocycles. The Balaban J connectivity index is 1.41. The van der Waals surface area contributed by atoms with Crippen molar-refractivity contribution >= 4 is 11.8 Å². The van der Waals surface area contributed by atoms with Crippen LogP contribution in [0.1, 0.15) is 44.9 Å². The zero-order valence-corrected chi connectivity index (χ0v) is 17.0. The Bertz CT molecular complexity index is 868. The molecule has 0 atom stereocenters. The van der Waals surface area contributed by atoms with Crippen molar-refractivity contribution in [3.8, 4) is 0 Å². The average Bonchev–Trinajstić information content (AvgIpc) is 2.81. The summed E-state index contributed by atoms with van der Waals surface area (Å²) in [7, 11) is 0. The summed E-state index contributed by atoms with van der Waals surface area (Å²) in [6.45, 7) is 1.12. The molecular weight excluding hydrogens is 374 g/mol. The zero-order valence-electron chi connectivity index (χ0n) is 17.0. The van der Waals surface area contributed by atoms with E-state index in [0.717, 1.165) is 25.7 Å². The highest BCUT2D eigenvalue weighted by molar-refractivity contribution is 5.96. The van der Waals surface area contributed by atoms with Crippen molar-refractivity contribution in [1.29, 1.82) is 0 Å². The first kappa shape index (κ1) is 21.2. The topological polar surface area (TPSA) is 71.1 Å². The fourth-order valence-corrected chi connectivity index (χ4v) is 3.15. The van der Waals surface area contributed by atoms with Crippen molar-refractivity contribution in [2.75, 3.05) is 13.1 Å². The minimum Gasteiger partial charge on any atom is -0.351 e. The van der Waals surface area contributed by atoms with Gasteiger partial charge in [0.1, 0.15) is 11.4 Å². The number of amides is 2. The molecule has 0 fully saturated rings. The summed E-state index contributed by atoms with van der Waals surface area (Å²) in [5.74, 6) is -0.524. The molecule has 0 unspecified atom stereocenters. The molecule has 0 aliphatic carbocycles. The number of pyridine rings is 1. The van der Waals surface area contributed by atoms with Gasteiger partial charge in [-0.05, 0) is 48.9 Å². The van der Waals surface area contributed by atoms with Crippen LogP contribution in [-0.2, 0) is 12.8 Å². The van der Waals surface area contributed by atoms with E-state index in [4.69, 9.17) is 0 Å². The van der Waals surface area contributed by atoms with E-state index in [1.807, 2.05) is 36.4 Å². The molecule has 0 radical (unpaired) electrons. The Kier molecular flexibility index (Phi) is 8.15. The van der Waals surface area contributed by atoms with Gasteiger partial charge in [0, 0.05) is 13.1 Å². The van der Waals surface area contributed by atoms with Gasteiger partial charge in [-0.2, -0.15) is 0 Å². The van der Waals surface area contributed by atoms with Crippen molar-refractivity contribution < 1.29 is 9.59 Å². The van der Waals surface area contributed by atoms with Crippen molar-refractivity contribution in [2.45, 2.75) is 25.7 Å². The van der Waals surface area contributed by atoms with Gasteiger partial charge in [-0.3, -0.25) is 9.59 Å². The molecule has 5 heteroatoms. The first-order valence-corrected chi connectivity index (χ1v) is 10.3. The van der Waals surface area contributed by atoms with Crippen LogP contribution in [0.25, 0.3) is 0 Å². The number of nitrogens with one attached hydrogen (secondary N) is 2. The molecule has 1 heterocycles. The molecule has 0 spiro atoms. The van der Waals surface area contributed by atoms with Crippen LogP contribution < -0.4 is 10.6 Å². The van der Waals surface area contributed by atoms with E-state index in [1.165, 1.54) is 11.1 Å². The summed E-state index contributed by atoms with van der Waals surface area (Å²) in [6.07, 6.45) is 3.49. The SMILES string of the molecule is O=C(NCCCc1ccccc1)c1cccc(C(=O)NCCCc2ccccc2)n1. The van der Waals surface area contributed by atoms with Crippen LogP contribution in [0.3, 0.4) is 0 Å². The van der Waals surface area contributed by atoms with Crippen molar-refractivity contribution in [3.63, 3.8) is 0 Å². The molecular formula is C25H27N3O2. The third-order valence-electron chi connectivity index (χ3n) is 4.76. The molecule has 0 aliphatic rings. The minimum atomic E-state index is -0.262. The van der Waals surface area contributed by atoms with E-state index in [0.29, 0.717) is 13.1 Å². The molecule has 0 saturated carbocycles. The van der Waals surface area contributed by atoms with E-state index in [9.17, 15) is 9.59 Å². The zero-order chi connectivity index (χ0) is 21.0. The molecule has 0 aliphatic heterocycles. The second kappa shape index (κ2) is 11.5. The fourth-order valence-electron chi connectivity index (χ4n) is 3.15. The first-order valence-electron chi connectivity index (χ1n) is 10.3. The average molecular weight is 402 g/mol. The molecule has 1 aromatic heterocycles. The molecule has 30 heavy (non-hydrogen) atoms. The van der Waals surface area contributed by atoms with Gasteiger partial charge in [0.2, 0.25) is 0 Å². The van der Waals surface area contributed by atoms with Crippen LogP contribution in [0.2, 0.25) is 0 Å². The van der Waals surface area contributed by atoms with Gasteiger partial charge < -0.3 is 10.6 Å². The van der Waals surface area contributed by atoms with Crippen LogP contribution in [0.15, 0.2) is 78.9 Å². The van der Waals surface area contributed by atoms with Gasteiger partial charge in [0.25, 0.3) is 11.8 Å². The van der Waals surface area contributed by atoms with Crippen LogP contribution in [0.4, 0.5) is 0 Å². The molecule has 3 aromatic rings. The van der Waals surface area contributed by atoms with Crippen LogP contribution in [0.5, 0.6) is 0 Å². The molecule has 2 aromatic carbocycles. The van der Waals surface area contributed by atoms with Gasteiger partial charge in [0.15, 0.2) is 0 Å². The second-order valence-electron chi connectivity index (χ2n) is 7.10. The Morgan fingerprint density at radius 3 is 1.47 bits per heavy atom. The highest BCUT2D eigenvalue weighted by atomic mass is 16.2. The predicted octanol–water partition coefficient (Wildman–Crippen LogP) is 3.81. The molecule has 3 rings (SSSR count). The molecule has 0 bridgehead atoms. The van der Waals surface area contributed by atoms with E-state index in [-0.39, 0.29) is 23.2 Å². The summed E-state index contributed by atoms with van der Waals surface area (Å²) in [5.41, 5.74) is 3.00. The van der Waals surface area contributed by atoms with Gasteiger partial charge in [-0.15, -0.1) is 0 Å². The smallest absolute Gasteiger partial charge is 0.269 e. The third kappa shape index (κ3) is 6.85. The summed E-state index contributed by atoms with van der Waals surface area (Å²) in [5, 5.41) is 5.75. The van der Waals surface area contributed by atoms with Crippen molar-refractivity contribution in [3.05, 3.63) is 101 Å².